The molecule has 4 heterocycles. The summed E-state index contributed by atoms with van der Waals surface area (Å²) in [5, 5.41) is 5.39. The fraction of sp³-hybridized carbons (Fsp3) is 0.696. The van der Waals surface area contributed by atoms with Crippen LogP contribution in [0.3, 0.4) is 0 Å². The van der Waals surface area contributed by atoms with Crippen molar-refractivity contribution in [3.63, 3.8) is 0 Å². The molecular formula is C23H31N5O4S. The maximum Gasteiger partial charge on any atom is 0.310 e. The summed E-state index contributed by atoms with van der Waals surface area (Å²) in [7, 11) is 0. The van der Waals surface area contributed by atoms with E-state index >= 15 is 0 Å². The predicted molar refractivity (Wildman–Crippen MR) is 125 cm³/mol. The number of piperidine rings is 2. The van der Waals surface area contributed by atoms with Gasteiger partial charge in [-0.3, -0.25) is 14.4 Å². The molecule has 0 spiro atoms. The highest BCUT2D eigenvalue weighted by Gasteiger charge is 2.34. The van der Waals surface area contributed by atoms with Gasteiger partial charge in [0.05, 0.1) is 18.2 Å². The van der Waals surface area contributed by atoms with Crippen molar-refractivity contribution < 1.29 is 14.3 Å². The monoisotopic (exact) mass is 473 g/mol. The third-order valence-electron chi connectivity index (χ3n) is 7.14. The van der Waals surface area contributed by atoms with Crippen molar-refractivity contribution in [3.8, 4) is 0 Å². The zero-order chi connectivity index (χ0) is 22.9. The van der Waals surface area contributed by atoms with Crippen LogP contribution in [0.1, 0.15) is 56.7 Å². The number of fused-ring (bicyclic) bond motifs is 2. The summed E-state index contributed by atoms with van der Waals surface area (Å²) in [4.78, 5) is 47.5. The minimum Gasteiger partial charge on any atom is -0.466 e. The highest BCUT2D eigenvalue weighted by Crippen LogP contribution is 2.30. The standard InChI is InChI=1S/C23H31N5O4S/c1-2-32-21(31)16-6-5-11-27(14-16)19(29)15-9-12-26(13-10-15)23-25-28-20(30)17-7-3-4-8-18(17)24-22(28)33-23/h15-16H,2-14H2,1H3. The van der Waals surface area contributed by atoms with Gasteiger partial charge in [0.1, 0.15) is 0 Å². The number of nitrogens with zero attached hydrogens (tertiary/aromatic N) is 5. The van der Waals surface area contributed by atoms with Crippen molar-refractivity contribution in [3.05, 3.63) is 21.6 Å². The normalized spacial score (nSPS) is 21.8. The molecule has 3 aliphatic rings. The van der Waals surface area contributed by atoms with Crippen LogP contribution < -0.4 is 10.5 Å². The first kappa shape index (κ1) is 22.3. The zero-order valence-electron chi connectivity index (χ0n) is 19.1. The first-order valence-electron chi connectivity index (χ1n) is 12.2. The van der Waals surface area contributed by atoms with Gasteiger partial charge in [0.2, 0.25) is 16.0 Å². The number of hydrogen-bond acceptors (Lipinski definition) is 8. The molecule has 33 heavy (non-hydrogen) atoms. The summed E-state index contributed by atoms with van der Waals surface area (Å²) in [6.07, 6.45) is 6.89. The van der Waals surface area contributed by atoms with Crippen LogP contribution in [0.4, 0.5) is 5.13 Å². The molecule has 5 rings (SSSR count). The topological polar surface area (TPSA) is 97.1 Å². The number of aromatic nitrogens is 3. The molecule has 2 fully saturated rings. The van der Waals surface area contributed by atoms with Crippen LogP contribution in [0.5, 0.6) is 0 Å². The summed E-state index contributed by atoms with van der Waals surface area (Å²) in [5.74, 6) is -0.281. The van der Waals surface area contributed by atoms with Crippen LogP contribution in [-0.2, 0) is 27.2 Å². The lowest BCUT2D eigenvalue weighted by Crippen LogP contribution is -2.47. The lowest BCUT2D eigenvalue weighted by atomic mass is 9.92. The molecule has 1 atom stereocenters. The van der Waals surface area contributed by atoms with Crippen molar-refractivity contribution in [1.82, 2.24) is 19.5 Å². The maximum atomic E-state index is 13.1. The molecule has 1 unspecified atom stereocenters. The number of amides is 1. The molecule has 1 amide bonds. The van der Waals surface area contributed by atoms with E-state index in [4.69, 9.17) is 9.72 Å². The number of ether oxygens (including phenoxy) is 1. The molecule has 0 bridgehead atoms. The second-order valence-corrected chi connectivity index (χ2v) is 10.2. The summed E-state index contributed by atoms with van der Waals surface area (Å²) in [6.45, 7) is 4.81. The number of aryl methyl sites for hydroxylation is 1. The van der Waals surface area contributed by atoms with Gasteiger partial charge < -0.3 is 14.5 Å². The Morgan fingerprint density at radius 2 is 1.85 bits per heavy atom. The molecule has 2 aromatic heterocycles. The van der Waals surface area contributed by atoms with Crippen LogP contribution >= 0.6 is 11.3 Å². The van der Waals surface area contributed by atoms with Gasteiger partial charge in [0.25, 0.3) is 5.56 Å². The van der Waals surface area contributed by atoms with E-state index in [0.29, 0.717) is 24.7 Å². The predicted octanol–water partition coefficient (Wildman–Crippen LogP) is 2.05. The van der Waals surface area contributed by atoms with E-state index in [1.165, 1.54) is 15.9 Å². The van der Waals surface area contributed by atoms with Crippen molar-refractivity contribution >= 4 is 33.3 Å². The molecule has 0 radical (unpaired) electrons. The van der Waals surface area contributed by atoms with Crippen LogP contribution in [-0.4, -0.2) is 64.2 Å². The molecule has 0 N–H and O–H groups in total. The Morgan fingerprint density at radius 3 is 2.64 bits per heavy atom. The summed E-state index contributed by atoms with van der Waals surface area (Å²) in [5.41, 5.74) is 1.74. The SMILES string of the molecule is CCOC(=O)C1CCCN(C(=O)C2CCN(c3nn4c(=O)c5c(nc4s3)CCCC5)CC2)C1. The number of carbonyl (C=O) groups excluding carboxylic acids is 2. The Morgan fingerprint density at radius 1 is 1.06 bits per heavy atom. The zero-order valence-corrected chi connectivity index (χ0v) is 19.9. The van der Waals surface area contributed by atoms with Gasteiger partial charge in [-0.1, -0.05) is 11.3 Å². The van der Waals surface area contributed by atoms with Gasteiger partial charge in [-0.25, -0.2) is 4.98 Å². The fourth-order valence-electron chi connectivity index (χ4n) is 5.30. The average molecular weight is 474 g/mol. The number of anilines is 1. The molecule has 2 aliphatic heterocycles. The number of esters is 1. The molecule has 1 aliphatic carbocycles. The average Bonchev–Trinajstić information content (AvgIpc) is 3.28. The van der Waals surface area contributed by atoms with Crippen molar-refractivity contribution in [2.75, 3.05) is 37.7 Å². The van der Waals surface area contributed by atoms with Gasteiger partial charge in [-0.05, 0) is 58.3 Å². The fourth-order valence-corrected chi connectivity index (χ4v) is 6.26. The number of rotatable bonds is 4. The minimum atomic E-state index is -0.206. The van der Waals surface area contributed by atoms with Crippen molar-refractivity contribution in [1.29, 1.82) is 0 Å². The van der Waals surface area contributed by atoms with E-state index in [1.807, 2.05) is 11.8 Å². The highest BCUT2D eigenvalue weighted by molar-refractivity contribution is 7.20. The Kier molecular flexibility index (Phi) is 6.36. The molecular weight excluding hydrogens is 442 g/mol. The maximum absolute atomic E-state index is 13.1. The van der Waals surface area contributed by atoms with Gasteiger partial charge in [-0.15, -0.1) is 5.10 Å². The summed E-state index contributed by atoms with van der Waals surface area (Å²) >= 11 is 1.46. The van der Waals surface area contributed by atoms with E-state index in [-0.39, 0.29) is 29.3 Å². The van der Waals surface area contributed by atoms with Crippen molar-refractivity contribution in [2.24, 2.45) is 11.8 Å². The quantitative estimate of drug-likeness (QED) is 0.627. The molecule has 2 saturated heterocycles. The van der Waals surface area contributed by atoms with E-state index in [2.05, 4.69) is 10.00 Å². The molecule has 2 aromatic rings. The van der Waals surface area contributed by atoms with Crippen LogP contribution in [0.15, 0.2) is 4.79 Å². The molecule has 9 nitrogen and oxygen atoms in total. The smallest absolute Gasteiger partial charge is 0.310 e. The van der Waals surface area contributed by atoms with Gasteiger partial charge in [-0.2, -0.15) is 4.52 Å². The first-order chi connectivity index (χ1) is 16.0. The Bertz CT molecular complexity index is 1100. The minimum absolute atomic E-state index is 0.0245. The first-order valence-corrected chi connectivity index (χ1v) is 13.0. The van der Waals surface area contributed by atoms with Gasteiger partial charge in [0.15, 0.2) is 0 Å². The van der Waals surface area contributed by atoms with E-state index < -0.39 is 0 Å². The van der Waals surface area contributed by atoms with Gasteiger partial charge in [0, 0.05) is 37.7 Å². The highest BCUT2D eigenvalue weighted by atomic mass is 32.1. The summed E-state index contributed by atoms with van der Waals surface area (Å²) in [6, 6.07) is 0. The third kappa shape index (κ3) is 4.37. The van der Waals surface area contributed by atoms with Crippen LogP contribution in [0, 0.1) is 11.8 Å². The second kappa shape index (κ2) is 9.40. The van der Waals surface area contributed by atoms with E-state index in [9.17, 15) is 14.4 Å². The number of hydrogen-bond donors (Lipinski definition) is 0. The van der Waals surface area contributed by atoms with E-state index in [0.717, 1.165) is 80.8 Å². The largest absolute Gasteiger partial charge is 0.466 e. The molecule has 0 saturated carbocycles. The van der Waals surface area contributed by atoms with Crippen LogP contribution in [0.25, 0.3) is 4.96 Å². The van der Waals surface area contributed by atoms with E-state index in [1.54, 1.807) is 0 Å². The Hall–Kier alpha value is -2.49. The number of likely N-dealkylation sites (tertiary alicyclic amines) is 1. The van der Waals surface area contributed by atoms with Crippen molar-refractivity contribution in [2.45, 2.75) is 58.3 Å². The molecule has 10 heteroatoms. The van der Waals surface area contributed by atoms with Crippen LogP contribution in [0.2, 0.25) is 0 Å². The lowest BCUT2D eigenvalue weighted by Gasteiger charge is -2.37. The molecule has 178 valence electrons. The molecule has 0 aromatic carbocycles. The second-order valence-electron chi connectivity index (χ2n) is 9.27. The van der Waals surface area contributed by atoms with Gasteiger partial charge >= 0.3 is 5.97 Å². The lowest BCUT2D eigenvalue weighted by molar-refractivity contribution is -0.152. The third-order valence-corrected chi connectivity index (χ3v) is 8.11. The number of carbonyl (C=O) groups is 2. The Balaban J connectivity index is 1.23. The summed E-state index contributed by atoms with van der Waals surface area (Å²) < 4.78 is 6.63. The Labute approximate surface area is 196 Å².